The number of hydrogen-bond acceptors (Lipinski definition) is 5. The molecular weight excluding hydrogens is 416 g/mol. The second-order valence-electron chi connectivity index (χ2n) is 6.68. The SMILES string of the molecule is COC(=O)c1ccc(Cl)c(NC(=O)[C@H](C)N(c2ccc(C)c(C)c2)S(C)(=O)=O)c1. The Balaban J connectivity index is 2.37. The number of anilines is 2. The maximum Gasteiger partial charge on any atom is 0.337 e. The van der Waals surface area contributed by atoms with Crippen LogP contribution < -0.4 is 9.62 Å². The van der Waals surface area contributed by atoms with Crippen LogP contribution in [0, 0.1) is 13.8 Å². The van der Waals surface area contributed by atoms with Crippen molar-refractivity contribution < 1.29 is 22.7 Å². The Hall–Kier alpha value is -2.58. The monoisotopic (exact) mass is 438 g/mol. The van der Waals surface area contributed by atoms with Crippen molar-refractivity contribution >= 4 is 44.9 Å². The van der Waals surface area contributed by atoms with Gasteiger partial charge in [-0.05, 0) is 62.2 Å². The van der Waals surface area contributed by atoms with Crippen molar-refractivity contribution in [3.63, 3.8) is 0 Å². The largest absolute Gasteiger partial charge is 0.465 e. The highest BCUT2D eigenvalue weighted by atomic mass is 35.5. The van der Waals surface area contributed by atoms with Crippen LogP contribution in [0.15, 0.2) is 36.4 Å². The number of halogens is 1. The molecule has 1 N–H and O–H groups in total. The molecule has 0 aliphatic rings. The number of nitrogens with zero attached hydrogens (tertiary/aromatic N) is 1. The molecule has 0 saturated carbocycles. The molecule has 9 heteroatoms. The topological polar surface area (TPSA) is 92.8 Å². The average Bonchev–Trinajstić information content (AvgIpc) is 2.64. The number of carbonyl (C=O) groups is 2. The second-order valence-corrected chi connectivity index (χ2v) is 8.95. The average molecular weight is 439 g/mol. The number of aryl methyl sites for hydroxylation is 2. The van der Waals surface area contributed by atoms with Gasteiger partial charge in [-0.2, -0.15) is 0 Å². The van der Waals surface area contributed by atoms with Gasteiger partial charge in [-0.1, -0.05) is 17.7 Å². The van der Waals surface area contributed by atoms with Gasteiger partial charge in [0.15, 0.2) is 0 Å². The molecule has 1 amide bonds. The highest BCUT2D eigenvalue weighted by Crippen LogP contribution is 2.27. The highest BCUT2D eigenvalue weighted by Gasteiger charge is 2.29. The molecule has 0 radical (unpaired) electrons. The van der Waals surface area contributed by atoms with Crippen LogP contribution in [0.4, 0.5) is 11.4 Å². The quantitative estimate of drug-likeness (QED) is 0.696. The highest BCUT2D eigenvalue weighted by molar-refractivity contribution is 7.92. The second kappa shape index (κ2) is 8.84. The van der Waals surface area contributed by atoms with Gasteiger partial charge >= 0.3 is 5.97 Å². The van der Waals surface area contributed by atoms with Crippen molar-refractivity contribution in [2.24, 2.45) is 0 Å². The number of methoxy groups -OCH3 is 1. The molecule has 0 aliphatic carbocycles. The molecule has 0 spiro atoms. The van der Waals surface area contributed by atoms with Gasteiger partial charge in [-0.15, -0.1) is 0 Å². The molecule has 29 heavy (non-hydrogen) atoms. The molecule has 156 valence electrons. The zero-order chi connectivity index (χ0) is 21.9. The zero-order valence-electron chi connectivity index (χ0n) is 16.8. The first-order valence-electron chi connectivity index (χ1n) is 8.71. The summed E-state index contributed by atoms with van der Waals surface area (Å²) in [7, 11) is -2.51. The van der Waals surface area contributed by atoms with Gasteiger partial charge in [-0.3, -0.25) is 9.10 Å². The lowest BCUT2D eigenvalue weighted by Crippen LogP contribution is -2.45. The molecule has 2 rings (SSSR count). The predicted octanol–water partition coefficient (Wildman–Crippen LogP) is 3.54. The fraction of sp³-hybridized carbons (Fsp3) is 0.300. The van der Waals surface area contributed by atoms with Gasteiger partial charge in [0.2, 0.25) is 15.9 Å². The lowest BCUT2D eigenvalue weighted by atomic mass is 10.1. The summed E-state index contributed by atoms with van der Waals surface area (Å²) in [5.41, 5.74) is 2.67. The molecule has 0 unspecified atom stereocenters. The summed E-state index contributed by atoms with van der Waals surface area (Å²) < 4.78 is 30.6. The van der Waals surface area contributed by atoms with Crippen LogP contribution in [0.25, 0.3) is 0 Å². The normalized spacial score (nSPS) is 12.2. The molecule has 0 heterocycles. The Kier molecular flexibility index (Phi) is 6.92. The van der Waals surface area contributed by atoms with E-state index in [1.165, 1.54) is 32.2 Å². The number of nitrogens with one attached hydrogen (secondary N) is 1. The molecule has 0 saturated heterocycles. The summed E-state index contributed by atoms with van der Waals surface area (Å²) in [6.45, 7) is 5.25. The standard InChI is InChI=1S/C20H23ClN2O5S/c1-12-6-8-16(10-13(12)2)23(29(5,26)27)14(3)19(24)22-18-11-15(20(25)28-4)7-9-17(18)21/h6-11,14H,1-5H3,(H,22,24)/t14-/m0/s1. The van der Waals surface area contributed by atoms with Crippen LogP contribution in [0.5, 0.6) is 0 Å². The van der Waals surface area contributed by atoms with Gasteiger partial charge in [0.25, 0.3) is 0 Å². The minimum atomic E-state index is -3.75. The number of esters is 1. The number of carbonyl (C=O) groups excluding carboxylic acids is 2. The van der Waals surface area contributed by atoms with Gasteiger partial charge < -0.3 is 10.1 Å². The predicted molar refractivity (Wildman–Crippen MR) is 114 cm³/mol. The molecule has 0 fully saturated rings. The van der Waals surface area contributed by atoms with E-state index >= 15 is 0 Å². The van der Waals surface area contributed by atoms with E-state index < -0.39 is 27.9 Å². The first-order valence-corrected chi connectivity index (χ1v) is 10.9. The summed E-state index contributed by atoms with van der Waals surface area (Å²) in [4.78, 5) is 24.6. The fourth-order valence-corrected chi connectivity index (χ4v) is 4.11. The molecule has 0 aromatic heterocycles. The van der Waals surface area contributed by atoms with Crippen molar-refractivity contribution in [1.29, 1.82) is 0 Å². The molecule has 2 aromatic rings. The molecule has 0 aliphatic heterocycles. The Morgan fingerprint density at radius 1 is 1.10 bits per heavy atom. The van der Waals surface area contributed by atoms with Crippen molar-refractivity contribution in [3.05, 3.63) is 58.1 Å². The van der Waals surface area contributed by atoms with E-state index in [0.717, 1.165) is 21.7 Å². The van der Waals surface area contributed by atoms with Crippen molar-refractivity contribution in [2.45, 2.75) is 26.8 Å². The van der Waals surface area contributed by atoms with Gasteiger partial charge in [0, 0.05) is 0 Å². The van der Waals surface area contributed by atoms with Crippen LogP contribution in [0.3, 0.4) is 0 Å². The Labute approximate surface area is 175 Å². The number of hydrogen-bond donors (Lipinski definition) is 1. The van der Waals surface area contributed by atoms with Crippen LogP contribution in [-0.2, 0) is 19.6 Å². The molecule has 2 aromatic carbocycles. The number of ether oxygens (including phenoxy) is 1. The maximum absolute atomic E-state index is 12.8. The summed E-state index contributed by atoms with van der Waals surface area (Å²) in [5, 5.41) is 2.80. The number of rotatable bonds is 6. The van der Waals surface area contributed by atoms with Crippen molar-refractivity contribution in [1.82, 2.24) is 0 Å². The minimum absolute atomic E-state index is 0.181. The van der Waals surface area contributed by atoms with Crippen LogP contribution in [0.2, 0.25) is 5.02 Å². The molecule has 7 nitrogen and oxygen atoms in total. The van der Waals surface area contributed by atoms with E-state index in [4.69, 9.17) is 11.6 Å². The minimum Gasteiger partial charge on any atom is -0.465 e. The third kappa shape index (κ3) is 5.27. The smallest absolute Gasteiger partial charge is 0.337 e. The molecule has 1 atom stereocenters. The molecular formula is C20H23ClN2O5S. The van der Waals surface area contributed by atoms with Gasteiger partial charge in [0.1, 0.15) is 6.04 Å². The van der Waals surface area contributed by atoms with Crippen molar-refractivity contribution in [3.8, 4) is 0 Å². The van der Waals surface area contributed by atoms with E-state index in [9.17, 15) is 18.0 Å². The third-order valence-electron chi connectivity index (χ3n) is 4.48. The zero-order valence-corrected chi connectivity index (χ0v) is 18.4. The van der Waals surface area contributed by atoms with E-state index in [0.29, 0.717) is 5.69 Å². The first-order chi connectivity index (χ1) is 13.5. The van der Waals surface area contributed by atoms with Crippen LogP contribution in [0.1, 0.15) is 28.4 Å². The number of amides is 1. The molecule has 0 bridgehead atoms. The van der Waals surface area contributed by atoms with Crippen LogP contribution >= 0.6 is 11.6 Å². The Morgan fingerprint density at radius 3 is 2.31 bits per heavy atom. The summed E-state index contributed by atoms with van der Waals surface area (Å²) in [5.74, 6) is -1.18. The van der Waals surface area contributed by atoms with Crippen molar-refractivity contribution in [2.75, 3.05) is 23.0 Å². The first kappa shape index (κ1) is 22.7. The van der Waals surface area contributed by atoms with Crippen LogP contribution in [-0.4, -0.2) is 39.7 Å². The number of benzene rings is 2. The van der Waals surface area contributed by atoms with E-state index in [1.54, 1.807) is 18.2 Å². The summed E-state index contributed by atoms with van der Waals surface area (Å²) >= 11 is 6.12. The van der Waals surface area contributed by atoms with Gasteiger partial charge in [-0.25, -0.2) is 13.2 Å². The van der Waals surface area contributed by atoms with E-state index in [1.807, 2.05) is 13.8 Å². The maximum atomic E-state index is 12.8. The lowest BCUT2D eigenvalue weighted by Gasteiger charge is -2.28. The summed E-state index contributed by atoms with van der Waals surface area (Å²) in [6.07, 6.45) is 1.04. The Bertz CT molecular complexity index is 1050. The van der Waals surface area contributed by atoms with E-state index in [-0.39, 0.29) is 16.3 Å². The van der Waals surface area contributed by atoms with E-state index in [2.05, 4.69) is 10.1 Å². The Morgan fingerprint density at radius 2 is 1.76 bits per heavy atom. The summed E-state index contributed by atoms with van der Waals surface area (Å²) in [6, 6.07) is 8.38. The number of sulfonamides is 1. The lowest BCUT2D eigenvalue weighted by molar-refractivity contribution is -0.116. The third-order valence-corrected chi connectivity index (χ3v) is 6.05. The fourth-order valence-electron chi connectivity index (χ4n) is 2.77. The van der Waals surface area contributed by atoms with Gasteiger partial charge in [0.05, 0.1) is 35.3 Å².